The van der Waals surface area contributed by atoms with Crippen molar-refractivity contribution in [2.75, 3.05) is 6.61 Å². The summed E-state index contributed by atoms with van der Waals surface area (Å²) in [6.45, 7) is 0.153. The molecule has 4 nitrogen and oxygen atoms in total. The van der Waals surface area contributed by atoms with Gasteiger partial charge in [0.1, 0.15) is 12.4 Å². The molecule has 0 radical (unpaired) electrons. The molecule has 5 heteroatoms. The van der Waals surface area contributed by atoms with Crippen LogP contribution in [0, 0.1) is 3.57 Å². The summed E-state index contributed by atoms with van der Waals surface area (Å²) in [5.74, 6) is 1.24. The third-order valence-electron chi connectivity index (χ3n) is 2.80. The zero-order valence-corrected chi connectivity index (χ0v) is 12.6. The third-order valence-corrected chi connectivity index (χ3v) is 3.52. The Bertz CT molecular complexity index is 624. The molecule has 0 aliphatic carbocycles. The number of rotatable bonds is 2. The molecule has 102 valence electrons. The molecule has 3 rings (SSSR count). The predicted molar refractivity (Wildman–Crippen MR) is 81.1 cm³/mol. The monoisotopic (exact) mass is 382 g/mol. The molecule has 2 aromatic carbocycles. The van der Waals surface area contributed by atoms with Gasteiger partial charge in [0.15, 0.2) is 11.5 Å². The lowest BCUT2D eigenvalue weighted by Gasteiger charge is -2.24. The standard InChI is InChI=1S/C15H11IO4/c16-10-5-7-11(8-6-10)19-15(17)14-9-18-12-3-1-2-4-13(12)20-14/h1-8,14H,9H2/t14-/m1/s1. The van der Waals surface area contributed by atoms with E-state index in [4.69, 9.17) is 14.2 Å². The molecular formula is C15H11IO4. The average molecular weight is 382 g/mol. The van der Waals surface area contributed by atoms with E-state index in [0.717, 1.165) is 3.57 Å². The highest BCUT2D eigenvalue weighted by Crippen LogP contribution is 2.31. The van der Waals surface area contributed by atoms with Crippen molar-refractivity contribution >= 4 is 28.6 Å². The van der Waals surface area contributed by atoms with Crippen LogP contribution in [0.3, 0.4) is 0 Å². The SMILES string of the molecule is O=C(Oc1ccc(I)cc1)[C@H]1COc2ccccc2O1. The molecule has 0 fully saturated rings. The lowest BCUT2D eigenvalue weighted by molar-refractivity contribution is -0.144. The lowest BCUT2D eigenvalue weighted by Crippen LogP contribution is -2.39. The van der Waals surface area contributed by atoms with E-state index in [1.54, 1.807) is 24.3 Å². The number of hydrogen-bond acceptors (Lipinski definition) is 4. The number of fused-ring (bicyclic) bond motifs is 1. The smallest absolute Gasteiger partial charge is 0.356 e. The molecule has 1 atom stereocenters. The molecule has 0 unspecified atom stereocenters. The van der Waals surface area contributed by atoms with Gasteiger partial charge in [-0.1, -0.05) is 12.1 Å². The first-order chi connectivity index (χ1) is 9.72. The molecular weight excluding hydrogens is 371 g/mol. The molecule has 1 aliphatic rings. The van der Waals surface area contributed by atoms with E-state index in [-0.39, 0.29) is 6.61 Å². The Morgan fingerprint density at radius 2 is 1.80 bits per heavy atom. The first-order valence-corrected chi connectivity index (χ1v) is 7.16. The minimum atomic E-state index is -0.746. The highest BCUT2D eigenvalue weighted by atomic mass is 127. The van der Waals surface area contributed by atoms with Gasteiger partial charge in [0, 0.05) is 3.57 Å². The van der Waals surface area contributed by atoms with Crippen LogP contribution < -0.4 is 14.2 Å². The number of esters is 1. The minimum Gasteiger partial charge on any atom is -0.485 e. The van der Waals surface area contributed by atoms with Crippen LogP contribution in [0.25, 0.3) is 0 Å². The average Bonchev–Trinajstić information content (AvgIpc) is 2.49. The fraction of sp³-hybridized carbons (Fsp3) is 0.133. The Morgan fingerprint density at radius 1 is 1.10 bits per heavy atom. The second kappa shape index (κ2) is 5.70. The Morgan fingerprint density at radius 3 is 2.55 bits per heavy atom. The predicted octanol–water partition coefficient (Wildman–Crippen LogP) is 3.04. The van der Waals surface area contributed by atoms with E-state index >= 15 is 0 Å². The summed E-state index contributed by atoms with van der Waals surface area (Å²) in [6, 6.07) is 14.5. The summed E-state index contributed by atoms with van der Waals surface area (Å²) in [4.78, 5) is 12.0. The summed E-state index contributed by atoms with van der Waals surface area (Å²) in [5.41, 5.74) is 0. The van der Waals surface area contributed by atoms with Crippen LogP contribution in [-0.4, -0.2) is 18.7 Å². The van der Waals surface area contributed by atoms with Crippen molar-refractivity contribution in [1.29, 1.82) is 0 Å². The molecule has 0 bridgehead atoms. The molecule has 0 saturated carbocycles. The quantitative estimate of drug-likeness (QED) is 0.455. The highest BCUT2D eigenvalue weighted by Gasteiger charge is 2.29. The van der Waals surface area contributed by atoms with Gasteiger partial charge in [-0.05, 0) is 59.0 Å². The Balaban J connectivity index is 1.68. The van der Waals surface area contributed by atoms with Crippen LogP contribution in [0.15, 0.2) is 48.5 Å². The normalized spacial score (nSPS) is 16.6. The van der Waals surface area contributed by atoms with Crippen molar-refractivity contribution in [3.05, 3.63) is 52.1 Å². The van der Waals surface area contributed by atoms with Crippen molar-refractivity contribution in [2.24, 2.45) is 0 Å². The van der Waals surface area contributed by atoms with Crippen LogP contribution in [0.4, 0.5) is 0 Å². The maximum Gasteiger partial charge on any atom is 0.356 e. The van der Waals surface area contributed by atoms with Crippen LogP contribution in [0.5, 0.6) is 17.2 Å². The first-order valence-electron chi connectivity index (χ1n) is 6.08. The first kappa shape index (κ1) is 13.2. The van der Waals surface area contributed by atoms with Gasteiger partial charge in [0.25, 0.3) is 0 Å². The van der Waals surface area contributed by atoms with Crippen molar-refractivity contribution < 1.29 is 19.0 Å². The minimum absolute atomic E-state index is 0.153. The zero-order valence-electron chi connectivity index (χ0n) is 10.4. The van der Waals surface area contributed by atoms with Crippen molar-refractivity contribution in [3.63, 3.8) is 0 Å². The maximum atomic E-state index is 12.0. The van der Waals surface area contributed by atoms with E-state index < -0.39 is 12.1 Å². The maximum absolute atomic E-state index is 12.0. The van der Waals surface area contributed by atoms with Gasteiger partial charge < -0.3 is 14.2 Å². The van der Waals surface area contributed by atoms with Gasteiger partial charge in [-0.25, -0.2) is 4.79 Å². The molecule has 2 aromatic rings. The second-order valence-corrected chi connectivity index (χ2v) is 5.48. The summed E-state index contributed by atoms with van der Waals surface area (Å²) < 4.78 is 17.4. The number of ether oxygens (including phenoxy) is 3. The zero-order chi connectivity index (χ0) is 13.9. The lowest BCUT2D eigenvalue weighted by atomic mass is 10.2. The van der Waals surface area contributed by atoms with Gasteiger partial charge >= 0.3 is 5.97 Å². The third kappa shape index (κ3) is 2.87. The number of carbonyl (C=O) groups is 1. The largest absolute Gasteiger partial charge is 0.485 e. The Kier molecular flexibility index (Phi) is 3.77. The van der Waals surface area contributed by atoms with Crippen molar-refractivity contribution in [1.82, 2.24) is 0 Å². The van der Waals surface area contributed by atoms with Gasteiger partial charge in [0.05, 0.1) is 0 Å². The second-order valence-electron chi connectivity index (χ2n) is 4.24. The van der Waals surface area contributed by atoms with Crippen LogP contribution in [0.2, 0.25) is 0 Å². The van der Waals surface area contributed by atoms with E-state index in [2.05, 4.69) is 22.6 Å². The summed E-state index contributed by atoms with van der Waals surface area (Å²) >= 11 is 2.19. The molecule has 1 heterocycles. The molecule has 1 aliphatic heterocycles. The summed E-state index contributed by atoms with van der Waals surface area (Å²) in [6.07, 6.45) is -0.746. The van der Waals surface area contributed by atoms with Crippen LogP contribution >= 0.6 is 22.6 Å². The topological polar surface area (TPSA) is 44.8 Å². The van der Waals surface area contributed by atoms with Gasteiger partial charge in [-0.15, -0.1) is 0 Å². The van der Waals surface area contributed by atoms with E-state index in [9.17, 15) is 4.79 Å². The number of para-hydroxylation sites is 2. The number of carbonyl (C=O) groups excluding carboxylic acids is 1. The number of hydrogen-bond donors (Lipinski definition) is 0. The van der Waals surface area contributed by atoms with E-state index in [0.29, 0.717) is 17.2 Å². The molecule has 0 saturated heterocycles. The van der Waals surface area contributed by atoms with Crippen LogP contribution in [0.1, 0.15) is 0 Å². The van der Waals surface area contributed by atoms with Crippen LogP contribution in [-0.2, 0) is 4.79 Å². The summed E-state index contributed by atoms with van der Waals surface area (Å²) in [5, 5.41) is 0. The molecule has 0 amide bonds. The van der Waals surface area contributed by atoms with Crippen molar-refractivity contribution in [2.45, 2.75) is 6.10 Å². The molecule has 0 spiro atoms. The summed E-state index contributed by atoms with van der Waals surface area (Å²) in [7, 11) is 0. The van der Waals surface area contributed by atoms with Crippen molar-refractivity contribution in [3.8, 4) is 17.2 Å². The number of benzene rings is 2. The highest BCUT2D eigenvalue weighted by molar-refractivity contribution is 14.1. The van der Waals surface area contributed by atoms with Gasteiger partial charge in [-0.3, -0.25) is 0 Å². The Labute approximate surface area is 129 Å². The van der Waals surface area contributed by atoms with Gasteiger partial charge in [-0.2, -0.15) is 0 Å². The fourth-order valence-electron chi connectivity index (χ4n) is 1.82. The number of halogens is 1. The molecule has 0 N–H and O–H groups in total. The van der Waals surface area contributed by atoms with E-state index in [1.807, 2.05) is 24.3 Å². The molecule has 20 heavy (non-hydrogen) atoms. The molecule has 0 aromatic heterocycles. The van der Waals surface area contributed by atoms with Gasteiger partial charge in [0.2, 0.25) is 6.10 Å². The Hall–Kier alpha value is -1.76. The van der Waals surface area contributed by atoms with E-state index in [1.165, 1.54) is 0 Å². The fourth-order valence-corrected chi connectivity index (χ4v) is 2.18.